The van der Waals surface area contributed by atoms with Crippen LogP contribution < -0.4 is 11.1 Å². The summed E-state index contributed by atoms with van der Waals surface area (Å²) in [5.74, 6) is 0.528. The highest BCUT2D eigenvalue weighted by Crippen LogP contribution is 2.00. The van der Waals surface area contributed by atoms with Crippen LogP contribution >= 0.6 is 0 Å². The molecule has 0 heterocycles. The van der Waals surface area contributed by atoms with Crippen molar-refractivity contribution in [1.82, 2.24) is 5.32 Å². The number of amides is 1. The fourth-order valence-corrected chi connectivity index (χ4v) is 1.52. The van der Waals surface area contributed by atoms with Gasteiger partial charge < -0.3 is 11.1 Å². The molecule has 1 aromatic rings. The molecule has 16 heavy (non-hydrogen) atoms. The van der Waals surface area contributed by atoms with Crippen LogP contribution in [-0.2, 0) is 11.2 Å². The third-order valence-corrected chi connectivity index (χ3v) is 2.51. The molecule has 0 aromatic heterocycles. The van der Waals surface area contributed by atoms with Crippen LogP contribution in [0, 0.1) is 5.92 Å². The molecule has 0 aliphatic carbocycles. The molecule has 0 saturated heterocycles. The minimum atomic E-state index is 0.0788. The Morgan fingerprint density at radius 1 is 1.38 bits per heavy atom. The van der Waals surface area contributed by atoms with E-state index in [0.29, 0.717) is 25.4 Å². The van der Waals surface area contributed by atoms with Crippen molar-refractivity contribution < 1.29 is 4.79 Å². The van der Waals surface area contributed by atoms with Crippen LogP contribution in [0.25, 0.3) is 0 Å². The molecule has 1 unspecified atom stereocenters. The minimum absolute atomic E-state index is 0.0788. The first-order valence-corrected chi connectivity index (χ1v) is 5.73. The molecule has 0 aliphatic heterocycles. The lowest BCUT2D eigenvalue weighted by Crippen LogP contribution is -2.30. The van der Waals surface area contributed by atoms with E-state index in [9.17, 15) is 4.79 Å². The Balaban J connectivity index is 2.26. The van der Waals surface area contributed by atoms with Gasteiger partial charge in [-0.25, -0.2) is 0 Å². The van der Waals surface area contributed by atoms with Gasteiger partial charge in [-0.1, -0.05) is 37.3 Å². The molecule has 3 heteroatoms. The van der Waals surface area contributed by atoms with Crippen LogP contribution in [0.2, 0.25) is 0 Å². The molecular formula is C13H20N2O. The highest BCUT2D eigenvalue weighted by atomic mass is 16.1. The summed E-state index contributed by atoms with van der Waals surface area (Å²) in [6, 6.07) is 9.76. The molecule has 3 nitrogen and oxygen atoms in total. The Kier molecular flexibility index (Phi) is 5.57. The lowest BCUT2D eigenvalue weighted by Gasteiger charge is -2.11. The van der Waals surface area contributed by atoms with Crippen molar-refractivity contribution >= 4 is 5.91 Å². The molecule has 3 N–H and O–H groups in total. The van der Waals surface area contributed by atoms with Crippen LogP contribution in [0.4, 0.5) is 0 Å². The van der Waals surface area contributed by atoms with E-state index in [1.54, 1.807) is 0 Å². The van der Waals surface area contributed by atoms with Crippen molar-refractivity contribution in [1.29, 1.82) is 0 Å². The van der Waals surface area contributed by atoms with E-state index >= 15 is 0 Å². The van der Waals surface area contributed by atoms with Gasteiger partial charge in [-0.3, -0.25) is 4.79 Å². The third-order valence-electron chi connectivity index (χ3n) is 2.51. The quantitative estimate of drug-likeness (QED) is 0.760. The topological polar surface area (TPSA) is 55.1 Å². The van der Waals surface area contributed by atoms with E-state index < -0.39 is 0 Å². The first-order chi connectivity index (χ1) is 7.72. The summed E-state index contributed by atoms with van der Waals surface area (Å²) in [6.07, 6.45) is 1.40. The van der Waals surface area contributed by atoms with Gasteiger partial charge in [-0.15, -0.1) is 0 Å². The van der Waals surface area contributed by atoms with Gasteiger partial charge in [-0.05, 0) is 24.4 Å². The van der Waals surface area contributed by atoms with Crippen LogP contribution in [0.3, 0.4) is 0 Å². The lowest BCUT2D eigenvalue weighted by molar-refractivity contribution is -0.120. The van der Waals surface area contributed by atoms with Crippen LogP contribution in [0.5, 0.6) is 0 Å². The molecule has 0 saturated carbocycles. The predicted octanol–water partition coefficient (Wildman–Crippen LogP) is 1.33. The maximum Gasteiger partial charge on any atom is 0.224 e. The highest BCUT2D eigenvalue weighted by molar-refractivity contribution is 5.78. The number of hydrogen-bond acceptors (Lipinski definition) is 2. The van der Waals surface area contributed by atoms with Crippen molar-refractivity contribution in [2.75, 3.05) is 13.1 Å². The average Bonchev–Trinajstić information content (AvgIpc) is 2.28. The summed E-state index contributed by atoms with van der Waals surface area (Å²) in [7, 11) is 0. The molecule has 1 amide bonds. The largest absolute Gasteiger partial charge is 0.356 e. The summed E-state index contributed by atoms with van der Waals surface area (Å²) < 4.78 is 0. The average molecular weight is 220 g/mol. The summed E-state index contributed by atoms with van der Waals surface area (Å²) in [5.41, 5.74) is 6.49. The number of hydrogen-bond donors (Lipinski definition) is 2. The Morgan fingerprint density at radius 3 is 2.69 bits per heavy atom. The maximum absolute atomic E-state index is 11.6. The fourth-order valence-electron chi connectivity index (χ4n) is 1.52. The number of benzene rings is 1. The summed E-state index contributed by atoms with van der Waals surface area (Å²) in [6.45, 7) is 3.48. The Bertz CT molecular complexity index is 311. The van der Waals surface area contributed by atoms with E-state index in [1.165, 1.54) is 0 Å². The van der Waals surface area contributed by atoms with E-state index in [1.807, 2.05) is 30.3 Å². The monoisotopic (exact) mass is 220 g/mol. The van der Waals surface area contributed by atoms with Gasteiger partial charge in [0.05, 0.1) is 6.42 Å². The van der Waals surface area contributed by atoms with E-state index in [2.05, 4.69) is 12.2 Å². The van der Waals surface area contributed by atoms with Crippen molar-refractivity contribution in [3.8, 4) is 0 Å². The molecule has 1 rings (SSSR count). The molecule has 0 spiro atoms. The molecule has 0 radical (unpaired) electrons. The van der Waals surface area contributed by atoms with Gasteiger partial charge in [0, 0.05) is 6.54 Å². The van der Waals surface area contributed by atoms with Gasteiger partial charge >= 0.3 is 0 Å². The number of carbonyl (C=O) groups is 1. The lowest BCUT2D eigenvalue weighted by atomic mass is 10.1. The maximum atomic E-state index is 11.6. The smallest absolute Gasteiger partial charge is 0.224 e. The number of nitrogens with two attached hydrogens (primary N) is 1. The van der Waals surface area contributed by atoms with E-state index in [4.69, 9.17) is 5.73 Å². The molecule has 0 fully saturated rings. The molecule has 0 aliphatic rings. The van der Waals surface area contributed by atoms with Crippen LogP contribution in [0.1, 0.15) is 18.9 Å². The predicted molar refractivity (Wildman–Crippen MR) is 66.0 cm³/mol. The molecule has 88 valence electrons. The normalized spacial score (nSPS) is 12.1. The van der Waals surface area contributed by atoms with Gasteiger partial charge in [0.1, 0.15) is 0 Å². The fraction of sp³-hybridized carbons (Fsp3) is 0.462. The molecular weight excluding hydrogens is 200 g/mol. The Hall–Kier alpha value is -1.35. The minimum Gasteiger partial charge on any atom is -0.356 e. The van der Waals surface area contributed by atoms with Gasteiger partial charge in [-0.2, -0.15) is 0 Å². The van der Waals surface area contributed by atoms with Crippen molar-refractivity contribution in [3.63, 3.8) is 0 Å². The second-order valence-corrected chi connectivity index (χ2v) is 4.15. The first-order valence-electron chi connectivity index (χ1n) is 5.73. The highest BCUT2D eigenvalue weighted by Gasteiger charge is 2.05. The summed E-state index contributed by atoms with van der Waals surface area (Å²) in [5, 5.41) is 2.92. The van der Waals surface area contributed by atoms with E-state index in [0.717, 1.165) is 12.0 Å². The third kappa shape index (κ3) is 4.94. The van der Waals surface area contributed by atoms with Crippen molar-refractivity contribution in [2.24, 2.45) is 11.7 Å². The zero-order valence-corrected chi connectivity index (χ0v) is 9.78. The summed E-state index contributed by atoms with van der Waals surface area (Å²) in [4.78, 5) is 11.6. The van der Waals surface area contributed by atoms with E-state index in [-0.39, 0.29) is 5.91 Å². The van der Waals surface area contributed by atoms with Crippen LogP contribution in [-0.4, -0.2) is 19.0 Å². The SMILES string of the molecule is CC(CCN)CNC(=O)Cc1ccccc1. The second-order valence-electron chi connectivity index (χ2n) is 4.15. The van der Waals surface area contributed by atoms with Gasteiger partial charge in [0.15, 0.2) is 0 Å². The van der Waals surface area contributed by atoms with Crippen molar-refractivity contribution in [3.05, 3.63) is 35.9 Å². The van der Waals surface area contributed by atoms with Crippen LogP contribution in [0.15, 0.2) is 30.3 Å². The number of nitrogens with one attached hydrogen (secondary N) is 1. The zero-order chi connectivity index (χ0) is 11.8. The molecule has 1 atom stereocenters. The zero-order valence-electron chi connectivity index (χ0n) is 9.78. The molecule has 1 aromatic carbocycles. The summed E-state index contributed by atoms with van der Waals surface area (Å²) >= 11 is 0. The van der Waals surface area contributed by atoms with Gasteiger partial charge in [0.2, 0.25) is 5.91 Å². The second kappa shape index (κ2) is 7.01. The first kappa shape index (κ1) is 12.7. The Labute approximate surface area is 97.0 Å². The number of carbonyl (C=O) groups excluding carboxylic acids is 1. The van der Waals surface area contributed by atoms with Gasteiger partial charge in [0.25, 0.3) is 0 Å². The standard InChI is InChI=1S/C13H20N2O/c1-11(7-8-14)10-15-13(16)9-12-5-3-2-4-6-12/h2-6,11H,7-10,14H2,1H3,(H,15,16). The molecule has 0 bridgehead atoms. The number of rotatable bonds is 6. The Morgan fingerprint density at radius 2 is 2.06 bits per heavy atom. The van der Waals surface area contributed by atoms with Crippen molar-refractivity contribution in [2.45, 2.75) is 19.8 Å².